The van der Waals surface area contributed by atoms with Gasteiger partial charge in [0.15, 0.2) is 4.91 Å². The van der Waals surface area contributed by atoms with Crippen molar-refractivity contribution in [3.05, 3.63) is 65.1 Å². The quantitative estimate of drug-likeness (QED) is 0.750. The summed E-state index contributed by atoms with van der Waals surface area (Å²) < 4.78 is 31.6. The van der Waals surface area contributed by atoms with Crippen molar-refractivity contribution in [3.8, 4) is 0 Å². The minimum Gasteiger partial charge on any atom is -0.382 e. The van der Waals surface area contributed by atoms with Crippen molar-refractivity contribution in [1.29, 1.82) is 0 Å². The number of hydrogen-bond acceptors (Lipinski definition) is 6. The van der Waals surface area contributed by atoms with E-state index in [0.717, 1.165) is 19.6 Å². The Kier molecular flexibility index (Phi) is 5.66. The van der Waals surface area contributed by atoms with Crippen LogP contribution in [0.15, 0.2) is 64.4 Å². The second-order valence-electron chi connectivity index (χ2n) is 6.90. The fourth-order valence-electron chi connectivity index (χ4n) is 3.56. The third-order valence-electron chi connectivity index (χ3n) is 5.01. The van der Waals surface area contributed by atoms with Gasteiger partial charge in [-0.1, -0.05) is 36.4 Å². The van der Waals surface area contributed by atoms with Gasteiger partial charge >= 0.3 is 0 Å². The lowest BCUT2D eigenvalue weighted by molar-refractivity contribution is -0.112. The van der Waals surface area contributed by atoms with E-state index in [2.05, 4.69) is 15.5 Å². The Hall–Kier alpha value is -2.68. The Balaban J connectivity index is 1.61. The smallest absolute Gasteiger partial charge is 0.269 e. The number of anilines is 1. The lowest BCUT2D eigenvalue weighted by atomic mass is 10.1. The van der Waals surface area contributed by atoms with Crippen LogP contribution in [0.4, 0.5) is 5.69 Å². The number of para-hydroxylation sites is 1. The van der Waals surface area contributed by atoms with Gasteiger partial charge < -0.3 is 15.4 Å². The Bertz CT molecular complexity index is 1030. The van der Waals surface area contributed by atoms with E-state index in [1.807, 2.05) is 6.07 Å². The highest BCUT2D eigenvalue weighted by Crippen LogP contribution is 2.38. The van der Waals surface area contributed by atoms with Crippen molar-refractivity contribution in [2.24, 2.45) is 0 Å². The Morgan fingerprint density at radius 3 is 2.45 bits per heavy atom. The number of morpholine rings is 1. The van der Waals surface area contributed by atoms with Gasteiger partial charge in [0.25, 0.3) is 5.91 Å². The van der Waals surface area contributed by atoms with Crippen molar-refractivity contribution in [3.63, 3.8) is 0 Å². The Morgan fingerprint density at radius 1 is 1.00 bits per heavy atom. The molecule has 2 aliphatic rings. The van der Waals surface area contributed by atoms with Crippen LogP contribution in [0.1, 0.15) is 5.56 Å². The molecule has 1 amide bonds. The van der Waals surface area contributed by atoms with E-state index in [-0.39, 0.29) is 9.80 Å². The highest BCUT2D eigenvalue weighted by molar-refractivity contribution is 7.97. The van der Waals surface area contributed by atoms with Crippen molar-refractivity contribution in [2.45, 2.75) is 4.90 Å². The van der Waals surface area contributed by atoms with Crippen LogP contribution in [0.25, 0.3) is 5.70 Å². The van der Waals surface area contributed by atoms with Crippen LogP contribution in [0.3, 0.4) is 0 Å². The van der Waals surface area contributed by atoms with E-state index in [1.54, 1.807) is 42.5 Å². The maximum Gasteiger partial charge on any atom is 0.269 e. The molecule has 152 valence electrons. The minimum absolute atomic E-state index is 0.159. The monoisotopic (exact) mass is 413 g/mol. The van der Waals surface area contributed by atoms with Gasteiger partial charge in [-0.15, -0.1) is 0 Å². The van der Waals surface area contributed by atoms with E-state index in [9.17, 15) is 13.2 Å². The van der Waals surface area contributed by atoms with Crippen LogP contribution < -0.4 is 10.6 Å². The zero-order valence-electron chi connectivity index (χ0n) is 15.9. The van der Waals surface area contributed by atoms with Gasteiger partial charge in [-0.25, -0.2) is 8.42 Å². The number of nitrogens with zero attached hydrogens (tertiary/aromatic N) is 1. The molecule has 0 atom stereocenters. The van der Waals surface area contributed by atoms with E-state index in [0.29, 0.717) is 36.7 Å². The highest BCUT2D eigenvalue weighted by atomic mass is 32.2. The van der Waals surface area contributed by atoms with Gasteiger partial charge in [0.2, 0.25) is 9.84 Å². The summed E-state index contributed by atoms with van der Waals surface area (Å²) in [5.74, 6) is -0.638. The molecule has 8 heteroatoms. The average Bonchev–Trinajstić information content (AvgIpc) is 2.97. The number of nitrogens with one attached hydrogen (secondary N) is 2. The zero-order valence-corrected chi connectivity index (χ0v) is 16.7. The van der Waals surface area contributed by atoms with Crippen molar-refractivity contribution < 1.29 is 17.9 Å². The van der Waals surface area contributed by atoms with Gasteiger partial charge in [0.05, 0.1) is 23.8 Å². The zero-order chi connectivity index (χ0) is 20.3. The van der Waals surface area contributed by atoms with Gasteiger partial charge in [0, 0.05) is 37.4 Å². The number of carbonyl (C=O) groups is 1. The maximum atomic E-state index is 13.1. The third kappa shape index (κ3) is 4.05. The lowest BCUT2D eigenvalue weighted by Gasteiger charge is -2.26. The van der Waals surface area contributed by atoms with Crippen molar-refractivity contribution in [2.75, 3.05) is 44.7 Å². The fourth-order valence-corrected chi connectivity index (χ4v) is 5.24. The third-order valence-corrected chi connectivity index (χ3v) is 6.88. The van der Waals surface area contributed by atoms with E-state index >= 15 is 0 Å². The molecule has 7 nitrogen and oxygen atoms in total. The van der Waals surface area contributed by atoms with Gasteiger partial charge in [-0.05, 0) is 18.2 Å². The van der Waals surface area contributed by atoms with Crippen LogP contribution in [0.2, 0.25) is 0 Å². The molecule has 0 bridgehead atoms. The van der Waals surface area contributed by atoms with Crippen LogP contribution in [0, 0.1) is 0 Å². The molecule has 0 radical (unpaired) electrons. The van der Waals surface area contributed by atoms with Crippen molar-refractivity contribution >= 4 is 27.1 Å². The topological polar surface area (TPSA) is 87.7 Å². The molecule has 1 fully saturated rings. The summed E-state index contributed by atoms with van der Waals surface area (Å²) in [5, 5.41) is 5.92. The van der Waals surface area contributed by atoms with Crippen LogP contribution in [-0.4, -0.2) is 58.6 Å². The van der Waals surface area contributed by atoms with Gasteiger partial charge in [-0.2, -0.15) is 0 Å². The molecule has 29 heavy (non-hydrogen) atoms. The van der Waals surface area contributed by atoms with Gasteiger partial charge in [-0.3, -0.25) is 9.69 Å². The number of benzene rings is 2. The summed E-state index contributed by atoms with van der Waals surface area (Å²) in [6.07, 6.45) is 0. The summed E-state index contributed by atoms with van der Waals surface area (Å²) >= 11 is 0. The number of fused-ring (bicyclic) bond motifs is 1. The number of hydrogen-bond donors (Lipinski definition) is 2. The number of amides is 1. The second kappa shape index (κ2) is 8.36. The average molecular weight is 413 g/mol. The molecule has 0 aromatic heterocycles. The largest absolute Gasteiger partial charge is 0.382 e. The van der Waals surface area contributed by atoms with Gasteiger partial charge in [0.1, 0.15) is 0 Å². The number of rotatable bonds is 6. The standard InChI is InChI=1S/C21H23N3O4S/c25-21(23-16-6-2-1-3-7-16)20-19(22-10-11-24-12-14-28-15-13-24)17-8-4-5-9-18(17)29(20,26)27/h1-9,22H,10-15H2,(H,23,25). The number of ether oxygens (including phenoxy) is 1. The molecule has 2 aliphatic heterocycles. The van der Waals surface area contributed by atoms with E-state index in [4.69, 9.17) is 4.74 Å². The van der Waals surface area contributed by atoms with Crippen LogP contribution in [0.5, 0.6) is 0 Å². The summed E-state index contributed by atoms with van der Waals surface area (Å²) in [7, 11) is -3.90. The van der Waals surface area contributed by atoms with E-state index < -0.39 is 15.7 Å². The first-order valence-corrected chi connectivity index (χ1v) is 11.0. The Morgan fingerprint density at radius 2 is 1.69 bits per heavy atom. The first kappa shape index (κ1) is 19.6. The molecule has 0 saturated carbocycles. The molecule has 4 rings (SSSR count). The highest BCUT2D eigenvalue weighted by Gasteiger charge is 2.39. The predicted molar refractivity (Wildman–Crippen MR) is 111 cm³/mol. The first-order chi connectivity index (χ1) is 14.1. The molecule has 2 N–H and O–H groups in total. The molecule has 0 unspecified atom stereocenters. The molecule has 0 aliphatic carbocycles. The van der Waals surface area contributed by atoms with Crippen molar-refractivity contribution in [1.82, 2.24) is 10.2 Å². The molecule has 0 spiro atoms. The first-order valence-electron chi connectivity index (χ1n) is 9.56. The molecule has 2 aromatic carbocycles. The minimum atomic E-state index is -3.90. The predicted octanol–water partition coefficient (Wildman–Crippen LogP) is 1.70. The molecule has 2 heterocycles. The summed E-state index contributed by atoms with van der Waals surface area (Å²) in [6.45, 7) is 4.35. The van der Waals surface area contributed by atoms with E-state index in [1.165, 1.54) is 6.07 Å². The SMILES string of the molecule is O=C(Nc1ccccc1)C1=C(NCCN2CCOCC2)c2ccccc2S1(=O)=O. The normalized spacial score (nSPS) is 18.3. The molecular weight excluding hydrogens is 390 g/mol. The summed E-state index contributed by atoms with van der Waals surface area (Å²) in [4.78, 5) is 15.1. The molecule has 1 saturated heterocycles. The van der Waals surface area contributed by atoms with Crippen LogP contribution >= 0.6 is 0 Å². The second-order valence-corrected chi connectivity index (χ2v) is 8.76. The Labute approximate surface area is 170 Å². The number of sulfone groups is 1. The maximum absolute atomic E-state index is 13.1. The molecular formula is C21H23N3O4S. The summed E-state index contributed by atoms with van der Waals surface area (Å²) in [5.41, 5.74) is 1.44. The number of carbonyl (C=O) groups excluding carboxylic acids is 1. The lowest BCUT2D eigenvalue weighted by Crippen LogP contribution is -2.40. The fraction of sp³-hybridized carbons (Fsp3) is 0.286. The summed E-state index contributed by atoms with van der Waals surface area (Å²) in [6, 6.07) is 15.5. The molecule has 2 aromatic rings. The van der Waals surface area contributed by atoms with Crippen LogP contribution in [-0.2, 0) is 19.4 Å².